The zero-order valence-electron chi connectivity index (χ0n) is 23.5. The summed E-state index contributed by atoms with van der Waals surface area (Å²) in [5, 5.41) is 0. The number of hydrogen-bond donors (Lipinski definition) is 1. The van der Waals surface area contributed by atoms with Crippen LogP contribution in [0.1, 0.15) is 67.6 Å². The molecule has 0 radical (unpaired) electrons. The van der Waals surface area contributed by atoms with Crippen LogP contribution in [0.4, 0.5) is 14.5 Å². The second kappa shape index (κ2) is 11.1. The first-order valence-electron chi connectivity index (χ1n) is 14.0. The molecular weight excluding hydrogens is 538 g/mol. The molecule has 6 rings (SSSR count). The van der Waals surface area contributed by atoms with Crippen molar-refractivity contribution < 1.29 is 13.6 Å². The molecule has 212 valence electrons. The summed E-state index contributed by atoms with van der Waals surface area (Å²) in [5.74, 6) is 0.269. The molecule has 0 saturated heterocycles. The number of halogens is 2. The highest BCUT2D eigenvalue weighted by Crippen LogP contribution is 2.50. The van der Waals surface area contributed by atoms with Gasteiger partial charge in [-0.05, 0) is 108 Å². The number of aromatic nitrogens is 2. The number of hydrogen-bond acceptors (Lipinski definition) is 4. The molecule has 0 bridgehead atoms. The molecule has 0 spiro atoms. The summed E-state index contributed by atoms with van der Waals surface area (Å²) in [6.45, 7) is 4.89. The Morgan fingerprint density at radius 2 is 1.78 bits per heavy atom. The molecule has 3 aromatic carbocycles. The smallest absolute Gasteiger partial charge is 0.231 e. The second-order valence-electron chi connectivity index (χ2n) is 11.8. The minimum Gasteiger partial charge on any atom is -0.337 e. The van der Waals surface area contributed by atoms with E-state index in [2.05, 4.69) is 41.8 Å². The van der Waals surface area contributed by atoms with Crippen LogP contribution in [0.25, 0.3) is 0 Å². The maximum absolute atomic E-state index is 14.1. The number of carbonyl (C=O) groups is 1. The van der Waals surface area contributed by atoms with Crippen LogP contribution in [0.15, 0.2) is 84.0 Å². The number of rotatable bonds is 8. The Morgan fingerprint density at radius 3 is 2.46 bits per heavy atom. The molecule has 4 aromatic rings. The molecule has 1 N–H and O–H groups in total. The van der Waals surface area contributed by atoms with Crippen LogP contribution in [0, 0.1) is 17.6 Å². The molecule has 2 aliphatic rings. The van der Waals surface area contributed by atoms with Crippen LogP contribution < -0.4 is 9.62 Å². The lowest BCUT2D eigenvalue weighted by molar-refractivity contribution is -0.120. The SMILES string of the molecule is Cn1ccnc1CN(C(=O)[C@H]1C[C@@H]1c1ccc(F)cc1)c1ccc2c(c1)[C@H](NSc1ccc(F)cc1)CCC2(C)C. The van der Waals surface area contributed by atoms with E-state index in [0.29, 0.717) is 6.54 Å². The van der Waals surface area contributed by atoms with E-state index in [9.17, 15) is 13.6 Å². The van der Waals surface area contributed by atoms with Gasteiger partial charge in [-0.25, -0.2) is 13.8 Å². The van der Waals surface area contributed by atoms with Gasteiger partial charge in [-0.3, -0.25) is 9.52 Å². The molecule has 0 aliphatic heterocycles. The van der Waals surface area contributed by atoms with Crippen LogP contribution in [-0.2, 0) is 23.8 Å². The lowest BCUT2D eigenvalue weighted by Gasteiger charge is -2.38. The van der Waals surface area contributed by atoms with Crippen molar-refractivity contribution in [3.05, 3.63) is 113 Å². The lowest BCUT2D eigenvalue weighted by Crippen LogP contribution is -2.35. The highest BCUT2D eigenvalue weighted by atomic mass is 32.2. The summed E-state index contributed by atoms with van der Waals surface area (Å²) >= 11 is 1.50. The molecule has 0 unspecified atom stereocenters. The number of benzene rings is 3. The summed E-state index contributed by atoms with van der Waals surface area (Å²) in [5.41, 5.74) is 4.29. The summed E-state index contributed by atoms with van der Waals surface area (Å²) in [4.78, 5) is 21.4. The molecule has 1 amide bonds. The molecule has 1 heterocycles. The van der Waals surface area contributed by atoms with Crippen LogP contribution in [0.2, 0.25) is 0 Å². The normalized spacial score (nSPS) is 20.9. The Kier molecular flexibility index (Phi) is 7.47. The average Bonchev–Trinajstić information content (AvgIpc) is 3.66. The predicted octanol–water partition coefficient (Wildman–Crippen LogP) is 7.44. The van der Waals surface area contributed by atoms with Gasteiger partial charge in [0.05, 0.1) is 6.54 Å². The summed E-state index contributed by atoms with van der Waals surface area (Å²) in [6.07, 6.45) is 6.35. The number of aryl methyl sites for hydroxylation is 1. The topological polar surface area (TPSA) is 50.2 Å². The Balaban J connectivity index is 1.31. The van der Waals surface area contributed by atoms with Gasteiger partial charge in [0, 0.05) is 42.0 Å². The van der Waals surface area contributed by atoms with Gasteiger partial charge in [0.1, 0.15) is 17.5 Å². The lowest BCUT2D eigenvalue weighted by atomic mass is 9.71. The number of nitrogens with one attached hydrogen (secondary N) is 1. The molecule has 3 atom stereocenters. The zero-order valence-corrected chi connectivity index (χ0v) is 24.3. The highest BCUT2D eigenvalue weighted by Gasteiger charge is 2.46. The third-order valence-electron chi connectivity index (χ3n) is 8.53. The van der Waals surface area contributed by atoms with Crippen LogP contribution in [-0.4, -0.2) is 15.5 Å². The predicted molar refractivity (Wildman–Crippen MR) is 158 cm³/mol. The number of carbonyl (C=O) groups excluding carboxylic acids is 1. The Morgan fingerprint density at radius 1 is 1.07 bits per heavy atom. The van der Waals surface area contributed by atoms with Crippen molar-refractivity contribution >= 4 is 23.5 Å². The zero-order chi connectivity index (χ0) is 28.7. The first-order chi connectivity index (χ1) is 19.7. The Bertz CT molecular complexity index is 1550. The minimum absolute atomic E-state index is 0.00523. The highest BCUT2D eigenvalue weighted by molar-refractivity contribution is 7.97. The van der Waals surface area contributed by atoms with Gasteiger partial charge < -0.3 is 9.47 Å². The van der Waals surface area contributed by atoms with Gasteiger partial charge in [0.25, 0.3) is 0 Å². The number of anilines is 1. The van der Waals surface area contributed by atoms with Crippen molar-refractivity contribution in [1.82, 2.24) is 14.3 Å². The van der Waals surface area contributed by atoms with Gasteiger partial charge in [0.15, 0.2) is 0 Å². The molecule has 2 aliphatic carbocycles. The van der Waals surface area contributed by atoms with Gasteiger partial charge in [-0.1, -0.05) is 32.0 Å². The molecule has 8 heteroatoms. The van der Waals surface area contributed by atoms with Crippen LogP contribution in [0.3, 0.4) is 0 Å². The van der Waals surface area contributed by atoms with Gasteiger partial charge in [-0.2, -0.15) is 0 Å². The number of nitrogens with zero attached hydrogens (tertiary/aromatic N) is 3. The molecule has 1 fully saturated rings. The summed E-state index contributed by atoms with van der Waals surface area (Å²) < 4.78 is 32.5. The van der Waals surface area contributed by atoms with E-state index >= 15 is 0 Å². The van der Waals surface area contributed by atoms with E-state index in [0.717, 1.165) is 41.2 Å². The fourth-order valence-corrected chi connectivity index (χ4v) is 6.71. The average molecular weight is 573 g/mol. The van der Waals surface area contributed by atoms with E-state index in [1.54, 1.807) is 30.5 Å². The van der Waals surface area contributed by atoms with Gasteiger partial charge >= 0.3 is 0 Å². The van der Waals surface area contributed by atoms with Gasteiger partial charge in [0.2, 0.25) is 5.91 Å². The van der Waals surface area contributed by atoms with Crippen molar-refractivity contribution in [3.8, 4) is 0 Å². The Labute approximate surface area is 244 Å². The number of amides is 1. The molecule has 5 nitrogen and oxygen atoms in total. The summed E-state index contributed by atoms with van der Waals surface area (Å²) in [6, 6.07) is 19.5. The first kappa shape index (κ1) is 27.7. The number of imidazole rings is 1. The van der Waals surface area contributed by atoms with Crippen molar-refractivity contribution in [2.75, 3.05) is 4.90 Å². The van der Waals surface area contributed by atoms with E-state index in [1.165, 1.54) is 47.3 Å². The quantitative estimate of drug-likeness (QED) is 0.223. The maximum atomic E-state index is 14.1. The van der Waals surface area contributed by atoms with E-state index in [1.807, 2.05) is 22.7 Å². The monoisotopic (exact) mass is 572 g/mol. The van der Waals surface area contributed by atoms with E-state index in [-0.39, 0.29) is 40.8 Å². The summed E-state index contributed by atoms with van der Waals surface area (Å²) in [7, 11) is 1.94. The minimum atomic E-state index is -0.272. The molecule has 1 saturated carbocycles. The fraction of sp³-hybridized carbons (Fsp3) is 0.333. The van der Waals surface area contributed by atoms with Crippen molar-refractivity contribution in [1.29, 1.82) is 0 Å². The maximum Gasteiger partial charge on any atom is 0.231 e. The van der Waals surface area contributed by atoms with Crippen molar-refractivity contribution in [3.63, 3.8) is 0 Å². The van der Waals surface area contributed by atoms with Crippen molar-refractivity contribution in [2.45, 2.75) is 61.9 Å². The van der Waals surface area contributed by atoms with Gasteiger partial charge in [-0.15, -0.1) is 0 Å². The third-order valence-corrected chi connectivity index (χ3v) is 9.44. The van der Waals surface area contributed by atoms with E-state index in [4.69, 9.17) is 0 Å². The molecule has 41 heavy (non-hydrogen) atoms. The van der Waals surface area contributed by atoms with Crippen LogP contribution >= 0.6 is 11.9 Å². The van der Waals surface area contributed by atoms with Crippen LogP contribution in [0.5, 0.6) is 0 Å². The molecular formula is C33H34F2N4OS. The standard InChI is InChI=1S/C33H34F2N4OS/c1-33(2)15-14-30(37-41-25-11-8-23(35)9-12-25)28-18-24(10-13-29(28)33)39(20-31-36-16-17-38(31)3)32(40)27-19-26(27)21-4-6-22(34)7-5-21/h4-13,16-18,26-27,30,37H,14-15,19-20H2,1-3H3/t26-,27+,30-/m1/s1. The Hall–Kier alpha value is -3.49. The van der Waals surface area contributed by atoms with E-state index < -0.39 is 0 Å². The first-order valence-corrected chi connectivity index (χ1v) is 14.9. The number of fused-ring (bicyclic) bond motifs is 1. The second-order valence-corrected chi connectivity index (χ2v) is 12.7. The van der Waals surface area contributed by atoms with Crippen molar-refractivity contribution in [2.24, 2.45) is 13.0 Å². The third kappa shape index (κ3) is 5.81. The largest absolute Gasteiger partial charge is 0.337 e. The molecule has 1 aromatic heterocycles. The fourth-order valence-electron chi connectivity index (χ4n) is 5.92.